The molecule has 0 aliphatic heterocycles. The molecule has 0 aromatic rings. The highest BCUT2D eigenvalue weighted by molar-refractivity contribution is 6.72. The molecule has 82 valence electrons. The minimum absolute atomic E-state index is 0.00923. The van der Waals surface area contributed by atoms with E-state index >= 15 is 0 Å². The van der Waals surface area contributed by atoms with E-state index in [1.165, 1.54) is 0 Å². The fraction of sp³-hybridized carbons (Fsp3) is 1.00. The second-order valence-corrected chi connectivity index (χ2v) is 9.12. The fourth-order valence-corrected chi connectivity index (χ4v) is 2.32. The molecule has 2 atom stereocenters. The average Bonchev–Trinajstić information content (AvgIpc) is 2.03. The Hall–Kier alpha value is -0.513. The van der Waals surface area contributed by atoms with E-state index in [1.54, 1.807) is 0 Å². The lowest BCUT2D eigenvalue weighted by Gasteiger charge is -2.32. The van der Waals surface area contributed by atoms with Gasteiger partial charge < -0.3 is 4.43 Å². The molecule has 14 heavy (non-hydrogen) atoms. The molecule has 0 aliphatic carbocycles. The average molecular weight is 215 g/mol. The van der Waals surface area contributed by atoms with Crippen molar-refractivity contribution >= 4 is 8.32 Å². The van der Waals surface area contributed by atoms with E-state index in [4.69, 9.17) is 9.96 Å². The Balaban J connectivity index is 4.30. The fourth-order valence-electron chi connectivity index (χ4n) is 0.889. The number of nitrogens with zero attached hydrogens (tertiary/aromatic N) is 3. The summed E-state index contributed by atoms with van der Waals surface area (Å²) in [6.45, 7) is 12.6. The van der Waals surface area contributed by atoms with Gasteiger partial charge in [0.25, 0.3) is 0 Å². The van der Waals surface area contributed by atoms with Crippen molar-refractivity contribution in [3.63, 3.8) is 0 Å². The molecule has 4 nitrogen and oxygen atoms in total. The molecule has 0 aliphatic rings. The van der Waals surface area contributed by atoms with Crippen molar-refractivity contribution in [2.75, 3.05) is 0 Å². The molecule has 5 heteroatoms. The molecule has 0 unspecified atom stereocenters. The molecule has 0 aromatic carbocycles. The van der Waals surface area contributed by atoms with Crippen LogP contribution in [-0.2, 0) is 4.43 Å². The summed E-state index contributed by atoms with van der Waals surface area (Å²) in [6, 6.07) is -0.0921. The maximum Gasteiger partial charge on any atom is 0.189 e. The van der Waals surface area contributed by atoms with Crippen LogP contribution in [0.25, 0.3) is 10.4 Å². The van der Waals surface area contributed by atoms with Gasteiger partial charge in [0.2, 0.25) is 0 Å². The van der Waals surface area contributed by atoms with Crippen molar-refractivity contribution in [2.45, 2.75) is 58.5 Å². The van der Waals surface area contributed by atoms with Gasteiger partial charge in [-0.3, -0.25) is 0 Å². The summed E-state index contributed by atoms with van der Waals surface area (Å²) in [5.74, 6) is 0. The van der Waals surface area contributed by atoms with E-state index in [9.17, 15) is 0 Å². The van der Waals surface area contributed by atoms with Crippen molar-refractivity contribution in [3.8, 4) is 0 Å². The zero-order chi connectivity index (χ0) is 11.4. The highest BCUT2D eigenvalue weighted by Gasteiger charge is 2.30. The van der Waals surface area contributed by atoms with E-state index in [1.807, 2.05) is 13.8 Å². The Bertz CT molecular complexity index is 224. The Morgan fingerprint density at radius 3 is 2.07 bits per heavy atom. The van der Waals surface area contributed by atoms with Crippen LogP contribution in [0.15, 0.2) is 5.11 Å². The Morgan fingerprint density at radius 1 is 1.21 bits per heavy atom. The smallest absolute Gasteiger partial charge is 0.189 e. The van der Waals surface area contributed by atoms with Crippen LogP contribution < -0.4 is 0 Å². The SMILES string of the molecule is CC(C)[Si](C)(C)O[C@@H](C)[C@H](C)N=[N+]=[N-]. The van der Waals surface area contributed by atoms with Gasteiger partial charge in [-0.25, -0.2) is 0 Å². The predicted octanol–water partition coefficient (Wildman–Crippen LogP) is 3.71. The molecule has 0 N–H and O–H groups in total. The van der Waals surface area contributed by atoms with Crippen molar-refractivity contribution < 1.29 is 4.43 Å². The first kappa shape index (κ1) is 13.5. The summed E-state index contributed by atoms with van der Waals surface area (Å²) >= 11 is 0. The van der Waals surface area contributed by atoms with Crippen LogP contribution in [0.5, 0.6) is 0 Å². The summed E-state index contributed by atoms with van der Waals surface area (Å²) in [5, 5.41) is 3.65. The summed E-state index contributed by atoms with van der Waals surface area (Å²) in [7, 11) is -1.62. The third-order valence-corrected chi connectivity index (χ3v) is 6.55. The highest BCUT2D eigenvalue weighted by Crippen LogP contribution is 2.24. The maximum atomic E-state index is 8.31. The Kier molecular flexibility index (Phi) is 5.19. The molecule has 0 saturated heterocycles. The summed E-state index contributed by atoms with van der Waals surface area (Å²) in [6.07, 6.45) is 0.00923. The molecule has 0 fully saturated rings. The normalized spacial score (nSPS) is 16.2. The van der Waals surface area contributed by atoms with Crippen molar-refractivity contribution in [3.05, 3.63) is 10.4 Å². The van der Waals surface area contributed by atoms with Crippen LogP contribution in [-0.4, -0.2) is 20.5 Å². The Labute approximate surface area is 87.4 Å². The monoisotopic (exact) mass is 215 g/mol. The van der Waals surface area contributed by atoms with E-state index in [2.05, 4.69) is 37.0 Å². The van der Waals surface area contributed by atoms with Gasteiger partial charge in [0.1, 0.15) is 0 Å². The molecular formula is C9H21N3OSi. The first-order valence-electron chi connectivity index (χ1n) is 5.03. The third kappa shape index (κ3) is 4.13. The second-order valence-electron chi connectivity index (χ2n) is 4.53. The molecule has 0 spiro atoms. The van der Waals surface area contributed by atoms with Crippen LogP contribution in [0, 0.1) is 0 Å². The van der Waals surface area contributed by atoms with E-state index < -0.39 is 8.32 Å². The van der Waals surface area contributed by atoms with Gasteiger partial charge in [0, 0.05) is 4.91 Å². The minimum atomic E-state index is -1.62. The molecule has 0 heterocycles. The molecule has 0 bridgehead atoms. The van der Waals surface area contributed by atoms with Crippen LogP contribution in [0.2, 0.25) is 18.6 Å². The van der Waals surface area contributed by atoms with Crippen LogP contribution in [0.4, 0.5) is 0 Å². The summed E-state index contributed by atoms with van der Waals surface area (Å²) in [4.78, 5) is 2.79. The van der Waals surface area contributed by atoms with E-state index in [0.29, 0.717) is 5.54 Å². The van der Waals surface area contributed by atoms with Gasteiger partial charge in [0.15, 0.2) is 8.32 Å². The van der Waals surface area contributed by atoms with Gasteiger partial charge in [-0.15, -0.1) is 0 Å². The number of hydrogen-bond donors (Lipinski definition) is 0. The van der Waals surface area contributed by atoms with Gasteiger partial charge in [0.05, 0.1) is 12.1 Å². The summed E-state index contributed by atoms with van der Waals surface area (Å²) in [5.41, 5.74) is 8.88. The van der Waals surface area contributed by atoms with Crippen LogP contribution in [0.1, 0.15) is 27.7 Å². The first-order valence-corrected chi connectivity index (χ1v) is 8.02. The first-order chi connectivity index (χ1) is 6.31. The maximum absolute atomic E-state index is 8.31. The lowest BCUT2D eigenvalue weighted by molar-refractivity contribution is 0.183. The second kappa shape index (κ2) is 5.39. The largest absolute Gasteiger partial charge is 0.414 e. The number of azide groups is 1. The molecule has 0 amide bonds. The third-order valence-electron chi connectivity index (χ3n) is 2.79. The van der Waals surface area contributed by atoms with Gasteiger partial charge in [-0.2, -0.15) is 0 Å². The summed E-state index contributed by atoms with van der Waals surface area (Å²) < 4.78 is 5.99. The quantitative estimate of drug-likeness (QED) is 0.298. The van der Waals surface area contributed by atoms with Gasteiger partial charge >= 0.3 is 0 Å². The van der Waals surface area contributed by atoms with E-state index in [-0.39, 0.29) is 12.1 Å². The zero-order valence-corrected chi connectivity index (χ0v) is 11.0. The van der Waals surface area contributed by atoms with Gasteiger partial charge in [-0.05, 0) is 31.1 Å². The Morgan fingerprint density at radius 2 is 1.71 bits per heavy atom. The van der Waals surface area contributed by atoms with Crippen molar-refractivity contribution in [1.29, 1.82) is 0 Å². The molecular weight excluding hydrogens is 194 g/mol. The number of rotatable bonds is 5. The molecule has 0 saturated carbocycles. The zero-order valence-electron chi connectivity index (χ0n) is 9.98. The lowest BCUT2D eigenvalue weighted by Crippen LogP contribution is -2.40. The molecule has 0 aromatic heterocycles. The molecule has 0 radical (unpaired) electrons. The van der Waals surface area contributed by atoms with Crippen LogP contribution >= 0.6 is 0 Å². The minimum Gasteiger partial charge on any atom is -0.414 e. The standard InChI is InChI=1S/C9H21N3OSi/c1-7(2)14(5,6)13-9(4)8(3)11-12-10/h7-9H,1-6H3/t8-,9-/m0/s1. The van der Waals surface area contributed by atoms with Gasteiger partial charge in [-0.1, -0.05) is 25.9 Å². The predicted molar refractivity (Wildman–Crippen MR) is 61.7 cm³/mol. The van der Waals surface area contributed by atoms with Crippen LogP contribution in [0.3, 0.4) is 0 Å². The topological polar surface area (TPSA) is 58.0 Å². The van der Waals surface area contributed by atoms with Crippen molar-refractivity contribution in [2.24, 2.45) is 5.11 Å². The molecule has 0 rings (SSSR count). The highest BCUT2D eigenvalue weighted by atomic mass is 28.4. The van der Waals surface area contributed by atoms with Crippen molar-refractivity contribution in [1.82, 2.24) is 0 Å². The number of hydrogen-bond acceptors (Lipinski definition) is 2. The lowest BCUT2D eigenvalue weighted by atomic mass is 10.2. The van der Waals surface area contributed by atoms with E-state index in [0.717, 1.165) is 0 Å².